The van der Waals surface area contributed by atoms with Crippen molar-refractivity contribution in [1.29, 1.82) is 0 Å². The fourth-order valence-corrected chi connectivity index (χ4v) is 1.03. The van der Waals surface area contributed by atoms with E-state index in [4.69, 9.17) is 0 Å². The standard InChI is InChI=1S/C8H12N2O3/c1-10-4-3-9-8(10)6(11)5-7(12)13-2/h3-4,6,11H,5H2,1-2H3/t6-/m1/s1. The average molecular weight is 184 g/mol. The first-order chi connectivity index (χ1) is 6.15. The molecule has 0 aromatic carbocycles. The number of ether oxygens (including phenoxy) is 1. The first kappa shape index (κ1) is 9.73. The Kier molecular flexibility index (Phi) is 3.02. The highest BCUT2D eigenvalue weighted by atomic mass is 16.5. The molecule has 0 aliphatic heterocycles. The second-order valence-corrected chi connectivity index (χ2v) is 2.69. The number of esters is 1. The van der Waals surface area contributed by atoms with Gasteiger partial charge in [-0.15, -0.1) is 0 Å². The number of imidazole rings is 1. The van der Waals surface area contributed by atoms with E-state index in [2.05, 4.69) is 9.72 Å². The molecule has 1 aromatic heterocycles. The molecular formula is C8H12N2O3. The van der Waals surface area contributed by atoms with Gasteiger partial charge >= 0.3 is 5.97 Å². The van der Waals surface area contributed by atoms with Crippen molar-refractivity contribution in [2.45, 2.75) is 12.5 Å². The lowest BCUT2D eigenvalue weighted by atomic mass is 10.2. The number of hydrogen-bond acceptors (Lipinski definition) is 4. The second kappa shape index (κ2) is 4.04. The van der Waals surface area contributed by atoms with Crippen LogP contribution in [0.3, 0.4) is 0 Å². The number of methoxy groups -OCH3 is 1. The van der Waals surface area contributed by atoms with Crippen molar-refractivity contribution >= 4 is 5.97 Å². The largest absolute Gasteiger partial charge is 0.469 e. The number of aliphatic hydroxyl groups is 1. The molecule has 1 rings (SSSR count). The van der Waals surface area contributed by atoms with Crippen molar-refractivity contribution in [3.8, 4) is 0 Å². The van der Waals surface area contributed by atoms with Crippen LogP contribution in [0.5, 0.6) is 0 Å². The number of aliphatic hydroxyl groups excluding tert-OH is 1. The molecule has 0 fully saturated rings. The average Bonchev–Trinajstić information content (AvgIpc) is 2.51. The van der Waals surface area contributed by atoms with Crippen LogP contribution in [-0.4, -0.2) is 27.7 Å². The molecule has 0 spiro atoms. The van der Waals surface area contributed by atoms with Gasteiger partial charge in [-0.3, -0.25) is 4.79 Å². The first-order valence-electron chi connectivity index (χ1n) is 3.87. The Hall–Kier alpha value is -1.36. The Labute approximate surface area is 76.0 Å². The third-order valence-electron chi connectivity index (χ3n) is 1.74. The van der Waals surface area contributed by atoms with Gasteiger partial charge in [-0.1, -0.05) is 0 Å². The molecule has 1 heterocycles. The Morgan fingerprint density at radius 1 is 1.85 bits per heavy atom. The van der Waals surface area contributed by atoms with Crippen molar-refractivity contribution < 1.29 is 14.6 Å². The van der Waals surface area contributed by atoms with Crippen molar-refractivity contribution in [3.63, 3.8) is 0 Å². The van der Waals surface area contributed by atoms with Crippen LogP contribution >= 0.6 is 0 Å². The smallest absolute Gasteiger partial charge is 0.308 e. The van der Waals surface area contributed by atoms with Crippen LogP contribution in [0.15, 0.2) is 12.4 Å². The number of aryl methyl sites for hydroxylation is 1. The summed E-state index contributed by atoms with van der Waals surface area (Å²) in [5, 5.41) is 9.51. The molecular weight excluding hydrogens is 172 g/mol. The minimum Gasteiger partial charge on any atom is -0.469 e. The molecule has 1 aromatic rings. The number of hydrogen-bond donors (Lipinski definition) is 1. The third kappa shape index (κ3) is 2.29. The van der Waals surface area contributed by atoms with E-state index in [9.17, 15) is 9.90 Å². The summed E-state index contributed by atoms with van der Waals surface area (Å²) in [5.41, 5.74) is 0. The van der Waals surface area contributed by atoms with E-state index in [0.29, 0.717) is 5.82 Å². The molecule has 5 nitrogen and oxygen atoms in total. The van der Waals surface area contributed by atoms with Gasteiger partial charge in [0.2, 0.25) is 0 Å². The van der Waals surface area contributed by atoms with Gasteiger partial charge in [0, 0.05) is 19.4 Å². The zero-order chi connectivity index (χ0) is 9.84. The molecule has 72 valence electrons. The van der Waals surface area contributed by atoms with Crippen LogP contribution in [0.4, 0.5) is 0 Å². The topological polar surface area (TPSA) is 64.3 Å². The maximum atomic E-state index is 10.8. The van der Waals surface area contributed by atoms with E-state index < -0.39 is 12.1 Å². The Morgan fingerprint density at radius 2 is 2.54 bits per heavy atom. The lowest BCUT2D eigenvalue weighted by Crippen LogP contribution is -2.11. The number of carbonyl (C=O) groups is 1. The van der Waals surface area contributed by atoms with E-state index in [1.807, 2.05) is 0 Å². The zero-order valence-corrected chi connectivity index (χ0v) is 7.60. The minimum atomic E-state index is -0.896. The van der Waals surface area contributed by atoms with Crippen LogP contribution in [0, 0.1) is 0 Å². The van der Waals surface area contributed by atoms with Crippen LogP contribution in [0.1, 0.15) is 18.3 Å². The van der Waals surface area contributed by atoms with Gasteiger partial charge in [0.1, 0.15) is 11.9 Å². The summed E-state index contributed by atoms with van der Waals surface area (Å²) in [7, 11) is 3.04. The number of carbonyl (C=O) groups excluding carboxylic acids is 1. The molecule has 0 amide bonds. The van der Waals surface area contributed by atoms with Crippen LogP contribution in [-0.2, 0) is 16.6 Å². The highest BCUT2D eigenvalue weighted by Gasteiger charge is 2.16. The lowest BCUT2D eigenvalue weighted by Gasteiger charge is -2.08. The molecule has 5 heteroatoms. The molecule has 0 radical (unpaired) electrons. The van der Waals surface area contributed by atoms with E-state index >= 15 is 0 Å². The highest BCUT2D eigenvalue weighted by Crippen LogP contribution is 2.13. The monoisotopic (exact) mass is 184 g/mol. The van der Waals surface area contributed by atoms with Gasteiger partial charge in [0.25, 0.3) is 0 Å². The van der Waals surface area contributed by atoms with Crippen LogP contribution in [0.25, 0.3) is 0 Å². The molecule has 13 heavy (non-hydrogen) atoms. The molecule has 1 atom stereocenters. The van der Waals surface area contributed by atoms with Gasteiger partial charge in [0.15, 0.2) is 0 Å². The van der Waals surface area contributed by atoms with Gasteiger partial charge in [0.05, 0.1) is 13.5 Å². The van der Waals surface area contributed by atoms with E-state index in [0.717, 1.165) is 0 Å². The number of nitrogens with zero attached hydrogens (tertiary/aromatic N) is 2. The van der Waals surface area contributed by atoms with Crippen molar-refractivity contribution in [2.75, 3.05) is 7.11 Å². The first-order valence-corrected chi connectivity index (χ1v) is 3.87. The van der Waals surface area contributed by atoms with Crippen molar-refractivity contribution in [3.05, 3.63) is 18.2 Å². The molecule has 0 bridgehead atoms. The zero-order valence-electron chi connectivity index (χ0n) is 7.60. The summed E-state index contributed by atoms with van der Waals surface area (Å²) >= 11 is 0. The fourth-order valence-electron chi connectivity index (χ4n) is 1.03. The quantitative estimate of drug-likeness (QED) is 0.672. The molecule has 0 unspecified atom stereocenters. The van der Waals surface area contributed by atoms with Gasteiger partial charge in [-0.2, -0.15) is 0 Å². The lowest BCUT2D eigenvalue weighted by molar-refractivity contribution is -0.143. The second-order valence-electron chi connectivity index (χ2n) is 2.69. The van der Waals surface area contributed by atoms with Crippen molar-refractivity contribution in [2.24, 2.45) is 7.05 Å². The maximum Gasteiger partial charge on any atom is 0.308 e. The fraction of sp³-hybridized carbons (Fsp3) is 0.500. The molecule has 0 aliphatic rings. The Balaban J connectivity index is 2.63. The van der Waals surface area contributed by atoms with E-state index in [1.54, 1.807) is 24.0 Å². The predicted octanol–water partition coefficient (Wildman–Crippen LogP) is 0.0166. The van der Waals surface area contributed by atoms with Crippen molar-refractivity contribution in [1.82, 2.24) is 9.55 Å². The summed E-state index contributed by atoms with van der Waals surface area (Å²) < 4.78 is 6.08. The highest BCUT2D eigenvalue weighted by molar-refractivity contribution is 5.69. The SMILES string of the molecule is COC(=O)C[C@@H](O)c1nccn1C. The molecule has 0 aliphatic carbocycles. The number of aromatic nitrogens is 2. The van der Waals surface area contributed by atoms with Crippen LogP contribution in [0.2, 0.25) is 0 Å². The predicted molar refractivity (Wildman–Crippen MR) is 44.8 cm³/mol. The molecule has 0 saturated heterocycles. The van der Waals surface area contributed by atoms with E-state index in [1.165, 1.54) is 7.11 Å². The minimum absolute atomic E-state index is 0.0681. The summed E-state index contributed by atoms with van der Waals surface area (Å²) in [4.78, 5) is 14.7. The molecule has 0 saturated carbocycles. The maximum absolute atomic E-state index is 10.8. The Morgan fingerprint density at radius 3 is 3.00 bits per heavy atom. The number of rotatable bonds is 3. The summed E-state index contributed by atoms with van der Waals surface area (Å²) in [6, 6.07) is 0. The molecule has 1 N–H and O–H groups in total. The summed E-state index contributed by atoms with van der Waals surface area (Å²) in [6.45, 7) is 0. The van der Waals surface area contributed by atoms with Gasteiger partial charge in [-0.25, -0.2) is 4.98 Å². The summed E-state index contributed by atoms with van der Waals surface area (Å²) in [5.74, 6) is 0.0147. The van der Waals surface area contributed by atoms with Gasteiger partial charge in [-0.05, 0) is 0 Å². The summed E-state index contributed by atoms with van der Waals surface area (Å²) in [6.07, 6.45) is 2.31. The van der Waals surface area contributed by atoms with Gasteiger partial charge < -0.3 is 14.4 Å². The third-order valence-corrected chi connectivity index (χ3v) is 1.74. The van der Waals surface area contributed by atoms with E-state index in [-0.39, 0.29) is 6.42 Å². The van der Waals surface area contributed by atoms with Crippen LogP contribution < -0.4 is 0 Å². The normalized spacial score (nSPS) is 12.5. The Bertz CT molecular complexity index is 295.